The number of amides is 1. The summed E-state index contributed by atoms with van der Waals surface area (Å²) in [6, 6.07) is 3.30. The highest BCUT2D eigenvalue weighted by Crippen LogP contribution is 2.52. The molecule has 2 aromatic rings. The molecule has 1 aromatic heterocycles. The van der Waals surface area contributed by atoms with Crippen LogP contribution in [0.5, 0.6) is 0 Å². The third-order valence-electron chi connectivity index (χ3n) is 5.32. The molecule has 3 heterocycles. The van der Waals surface area contributed by atoms with Crippen molar-refractivity contribution in [2.45, 2.75) is 24.2 Å². The molecular weight excluding hydrogens is 476 g/mol. The second-order valence-electron chi connectivity index (χ2n) is 7.34. The lowest BCUT2D eigenvalue weighted by atomic mass is 9.78. The van der Waals surface area contributed by atoms with Gasteiger partial charge in [0.2, 0.25) is 0 Å². The van der Waals surface area contributed by atoms with E-state index in [-0.39, 0.29) is 27.9 Å². The number of hydrogen-bond acceptors (Lipinski definition) is 7. The average Bonchev–Trinajstić information content (AvgIpc) is 3.15. The Morgan fingerprint density at radius 2 is 2.03 bits per heavy atom. The number of anilines is 1. The van der Waals surface area contributed by atoms with Gasteiger partial charge in [-0.1, -0.05) is 11.8 Å². The van der Waals surface area contributed by atoms with Crippen molar-refractivity contribution in [1.82, 2.24) is 9.97 Å². The van der Waals surface area contributed by atoms with Crippen molar-refractivity contribution in [1.29, 1.82) is 0 Å². The number of amidine groups is 1. The van der Waals surface area contributed by atoms with Gasteiger partial charge in [0, 0.05) is 22.9 Å². The molecule has 14 heteroatoms. The molecule has 2 aliphatic rings. The minimum absolute atomic E-state index is 0.0130. The lowest BCUT2D eigenvalue weighted by molar-refractivity contribution is -0.215. The molecular formula is C19H15F6N5O2S. The fourth-order valence-electron chi connectivity index (χ4n) is 3.79. The van der Waals surface area contributed by atoms with Crippen LogP contribution in [0.4, 0.5) is 32.0 Å². The smallest absolute Gasteiger partial charge is 0.379 e. The fourth-order valence-corrected chi connectivity index (χ4v) is 4.82. The second-order valence-corrected chi connectivity index (χ2v) is 8.38. The van der Waals surface area contributed by atoms with E-state index in [2.05, 4.69) is 20.3 Å². The van der Waals surface area contributed by atoms with Crippen molar-refractivity contribution in [2.75, 3.05) is 17.7 Å². The highest BCUT2D eigenvalue weighted by Gasteiger charge is 2.62. The molecule has 4 rings (SSSR count). The number of carbonyl (C=O) groups is 1. The monoisotopic (exact) mass is 491 g/mol. The van der Waals surface area contributed by atoms with Crippen LogP contribution in [0.1, 0.15) is 28.2 Å². The number of halogens is 6. The van der Waals surface area contributed by atoms with Gasteiger partial charge in [0.1, 0.15) is 22.7 Å². The Kier molecular flexibility index (Phi) is 5.99. The maximum absolute atomic E-state index is 14.9. The number of aliphatic imine (C=N–C) groups is 1. The third kappa shape index (κ3) is 4.36. The van der Waals surface area contributed by atoms with Gasteiger partial charge in [0.15, 0.2) is 11.3 Å². The zero-order valence-electron chi connectivity index (χ0n) is 16.4. The molecule has 0 saturated carbocycles. The van der Waals surface area contributed by atoms with Crippen LogP contribution in [-0.4, -0.2) is 45.7 Å². The van der Waals surface area contributed by atoms with E-state index in [9.17, 15) is 31.1 Å². The number of nitrogens with two attached hydrogens (primary N) is 1. The van der Waals surface area contributed by atoms with Crippen LogP contribution in [0.25, 0.3) is 0 Å². The molecule has 3 atom stereocenters. The topological polar surface area (TPSA) is 102 Å². The number of alkyl halides is 5. The number of ether oxygens (including phenoxy) is 1. The molecule has 1 amide bonds. The standard InChI is InChI=1S/C19H15F6N5O2S/c20-11-2-1-8(29-16(31)13-5-27-12(4-28-13)15(21)22)3-9(11)18-7-32-14(19(23,24)25)10(18)6-33-17(26)30-18/h1-5,10,14-15H,6-7H2,(H2,26,30)(H,29,31)/t10-,14?,18-/m1/s1. The van der Waals surface area contributed by atoms with Crippen LogP contribution in [0.2, 0.25) is 0 Å². The first-order chi connectivity index (χ1) is 15.5. The first kappa shape index (κ1) is 23.3. The van der Waals surface area contributed by atoms with Gasteiger partial charge in [-0.05, 0) is 18.2 Å². The summed E-state index contributed by atoms with van der Waals surface area (Å²) < 4.78 is 85.6. The molecule has 7 nitrogen and oxygen atoms in total. The summed E-state index contributed by atoms with van der Waals surface area (Å²) in [6.45, 7) is -0.558. The molecule has 1 fully saturated rings. The number of benzene rings is 1. The molecule has 1 unspecified atom stereocenters. The zero-order chi connectivity index (χ0) is 24.0. The largest absolute Gasteiger partial charge is 0.415 e. The number of hydrogen-bond donors (Lipinski definition) is 2. The number of rotatable bonds is 4. The van der Waals surface area contributed by atoms with Crippen molar-refractivity contribution >= 4 is 28.5 Å². The average molecular weight is 491 g/mol. The summed E-state index contributed by atoms with van der Waals surface area (Å²) in [5.74, 6) is -3.04. The van der Waals surface area contributed by atoms with Gasteiger partial charge in [0.05, 0.1) is 19.0 Å². The summed E-state index contributed by atoms with van der Waals surface area (Å²) in [5.41, 5.74) is 2.91. The predicted molar refractivity (Wildman–Crippen MR) is 106 cm³/mol. The van der Waals surface area contributed by atoms with Gasteiger partial charge in [-0.15, -0.1) is 0 Å². The van der Waals surface area contributed by atoms with Gasteiger partial charge in [-0.3, -0.25) is 9.78 Å². The van der Waals surface area contributed by atoms with Gasteiger partial charge in [-0.2, -0.15) is 13.2 Å². The van der Waals surface area contributed by atoms with E-state index in [1.165, 1.54) is 6.07 Å². The molecule has 2 aliphatic heterocycles. The molecule has 0 bridgehead atoms. The Balaban J connectivity index is 1.66. The highest BCUT2D eigenvalue weighted by atomic mass is 32.2. The molecule has 1 saturated heterocycles. The number of nitrogens with one attached hydrogen (secondary N) is 1. The number of fused-ring (bicyclic) bond motifs is 1. The highest BCUT2D eigenvalue weighted by molar-refractivity contribution is 8.13. The number of nitrogens with zero attached hydrogens (tertiary/aromatic N) is 3. The Hall–Kier alpha value is -2.87. The Morgan fingerprint density at radius 1 is 1.27 bits per heavy atom. The van der Waals surface area contributed by atoms with Gasteiger partial charge >= 0.3 is 6.18 Å². The quantitative estimate of drug-likeness (QED) is 0.634. The lowest BCUT2D eigenvalue weighted by Gasteiger charge is -2.36. The van der Waals surface area contributed by atoms with E-state index in [1.807, 2.05) is 0 Å². The summed E-state index contributed by atoms with van der Waals surface area (Å²) in [6.07, 6.45) is -8.14. The van der Waals surface area contributed by atoms with E-state index < -0.39 is 54.2 Å². The maximum Gasteiger partial charge on any atom is 0.415 e. The van der Waals surface area contributed by atoms with Crippen LogP contribution in [0.3, 0.4) is 0 Å². The van der Waals surface area contributed by atoms with Gasteiger partial charge < -0.3 is 15.8 Å². The summed E-state index contributed by atoms with van der Waals surface area (Å²) in [4.78, 5) is 23.6. The van der Waals surface area contributed by atoms with E-state index in [1.54, 1.807) is 0 Å². The molecule has 176 valence electrons. The summed E-state index contributed by atoms with van der Waals surface area (Å²) in [5, 5.41) is 2.39. The van der Waals surface area contributed by atoms with Crippen LogP contribution in [-0.2, 0) is 10.3 Å². The first-order valence-corrected chi connectivity index (χ1v) is 10.4. The predicted octanol–water partition coefficient (Wildman–Crippen LogP) is 3.64. The molecule has 0 spiro atoms. The van der Waals surface area contributed by atoms with Gasteiger partial charge in [0.25, 0.3) is 12.3 Å². The van der Waals surface area contributed by atoms with Crippen molar-refractivity contribution in [2.24, 2.45) is 16.6 Å². The summed E-state index contributed by atoms with van der Waals surface area (Å²) in [7, 11) is 0. The molecule has 0 aliphatic carbocycles. The SMILES string of the molecule is NC1=N[C@@]2(c3cc(NC(=O)c4cnc(C(F)F)cn4)ccc3F)COC(C(F)(F)F)[C@H]2CS1. The normalized spacial score (nSPS) is 25.0. The zero-order valence-corrected chi connectivity index (χ0v) is 17.3. The van der Waals surface area contributed by atoms with Crippen molar-refractivity contribution in [3.8, 4) is 0 Å². The van der Waals surface area contributed by atoms with Crippen LogP contribution < -0.4 is 11.1 Å². The molecule has 33 heavy (non-hydrogen) atoms. The lowest BCUT2D eigenvalue weighted by Crippen LogP contribution is -2.46. The Bertz CT molecular complexity index is 1100. The van der Waals surface area contributed by atoms with E-state index >= 15 is 0 Å². The second kappa shape index (κ2) is 8.48. The minimum Gasteiger partial charge on any atom is -0.379 e. The maximum atomic E-state index is 14.9. The first-order valence-electron chi connectivity index (χ1n) is 9.39. The van der Waals surface area contributed by atoms with E-state index in [0.717, 1.165) is 36.3 Å². The Labute approximate surface area is 186 Å². The van der Waals surface area contributed by atoms with E-state index in [0.29, 0.717) is 0 Å². The number of thioether (sulfide) groups is 1. The van der Waals surface area contributed by atoms with Crippen LogP contribution in [0.15, 0.2) is 35.6 Å². The molecule has 3 N–H and O–H groups in total. The van der Waals surface area contributed by atoms with Crippen molar-refractivity contribution in [3.63, 3.8) is 0 Å². The molecule has 1 aromatic carbocycles. The summed E-state index contributed by atoms with van der Waals surface area (Å²) >= 11 is 0.916. The number of aromatic nitrogens is 2. The molecule has 0 radical (unpaired) electrons. The Morgan fingerprint density at radius 3 is 2.67 bits per heavy atom. The van der Waals surface area contributed by atoms with Crippen LogP contribution in [0, 0.1) is 11.7 Å². The van der Waals surface area contributed by atoms with Crippen LogP contribution >= 0.6 is 11.8 Å². The van der Waals surface area contributed by atoms with Crippen molar-refractivity contribution < 1.29 is 35.9 Å². The van der Waals surface area contributed by atoms with E-state index in [4.69, 9.17) is 10.5 Å². The third-order valence-corrected chi connectivity index (χ3v) is 6.24. The number of carbonyl (C=O) groups excluding carboxylic acids is 1. The minimum atomic E-state index is -4.69. The fraction of sp³-hybridized carbons (Fsp3) is 0.368. The van der Waals surface area contributed by atoms with Crippen molar-refractivity contribution in [3.05, 3.63) is 53.4 Å². The van der Waals surface area contributed by atoms with Gasteiger partial charge in [-0.25, -0.2) is 23.1 Å².